The monoisotopic (exact) mass is 306 g/mol. The molecule has 2 N–H and O–H groups in total. The highest BCUT2D eigenvalue weighted by Crippen LogP contribution is 2.19. The van der Waals surface area contributed by atoms with Crippen LogP contribution in [-0.2, 0) is 13.1 Å². The highest BCUT2D eigenvalue weighted by Gasteiger charge is 2.15. The zero-order valence-electron chi connectivity index (χ0n) is 12.1. The van der Waals surface area contributed by atoms with Gasteiger partial charge in [0, 0.05) is 30.8 Å². The molecule has 0 aliphatic carbocycles. The van der Waals surface area contributed by atoms with Gasteiger partial charge in [-0.1, -0.05) is 6.07 Å². The van der Waals surface area contributed by atoms with E-state index in [1.807, 2.05) is 38.1 Å². The van der Waals surface area contributed by atoms with Gasteiger partial charge in [-0.25, -0.2) is 4.68 Å². The Morgan fingerprint density at radius 3 is 2.81 bits per heavy atom. The van der Waals surface area contributed by atoms with Gasteiger partial charge in [-0.05, 0) is 37.1 Å². The second kappa shape index (κ2) is 6.28. The molecule has 1 amide bonds. The average molecular weight is 307 g/mol. The van der Waals surface area contributed by atoms with Crippen molar-refractivity contribution in [2.45, 2.75) is 33.0 Å². The van der Waals surface area contributed by atoms with Crippen LogP contribution in [0.1, 0.15) is 41.4 Å². The van der Waals surface area contributed by atoms with Crippen molar-refractivity contribution in [2.75, 3.05) is 5.32 Å². The summed E-state index contributed by atoms with van der Waals surface area (Å²) >= 11 is 0. The molecule has 1 aromatic heterocycles. The minimum Gasteiger partial charge on any atom is -0.309 e. The third kappa shape index (κ3) is 3.09. The number of carbonyl (C=O) groups is 1. The van der Waals surface area contributed by atoms with E-state index in [9.17, 15) is 4.79 Å². The van der Waals surface area contributed by atoms with E-state index in [4.69, 9.17) is 0 Å². The number of carbonyl (C=O) groups excluding carboxylic acids is 1. The van der Waals surface area contributed by atoms with Crippen LogP contribution in [0.4, 0.5) is 5.82 Å². The van der Waals surface area contributed by atoms with Crippen LogP contribution in [0.15, 0.2) is 30.5 Å². The lowest BCUT2D eigenvalue weighted by molar-refractivity contribution is 0.102. The van der Waals surface area contributed by atoms with E-state index in [0.29, 0.717) is 5.56 Å². The molecule has 0 spiro atoms. The lowest BCUT2D eigenvalue weighted by Gasteiger charge is -2.12. The molecule has 3 rings (SSSR count). The molecule has 0 atom stereocenters. The maximum atomic E-state index is 12.3. The van der Waals surface area contributed by atoms with Gasteiger partial charge < -0.3 is 10.6 Å². The summed E-state index contributed by atoms with van der Waals surface area (Å²) in [6, 6.07) is 7.87. The van der Waals surface area contributed by atoms with E-state index in [1.165, 1.54) is 11.1 Å². The number of aromatic nitrogens is 2. The molecule has 0 saturated heterocycles. The lowest BCUT2D eigenvalue weighted by atomic mass is 10.1. The number of nitrogens with one attached hydrogen (secondary N) is 2. The van der Waals surface area contributed by atoms with Crippen molar-refractivity contribution in [1.29, 1.82) is 0 Å². The molecule has 21 heavy (non-hydrogen) atoms. The fraction of sp³-hybridized carbons (Fsp3) is 0.333. The molecular formula is C15H19ClN4O. The number of amides is 1. The minimum absolute atomic E-state index is 0. The van der Waals surface area contributed by atoms with Crippen LogP contribution in [0.5, 0.6) is 0 Å². The first kappa shape index (κ1) is 15.5. The Morgan fingerprint density at radius 1 is 1.29 bits per heavy atom. The molecule has 2 heterocycles. The van der Waals surface area contributed by atoms with Gasteiger partial charge in [-0.2, -0.15) is 5.10 Å². The summed E-state index contributed by atoms with van der Waals surface area (Å²) in [6.45, 7) is 5.78. The molecule has 6 heteroatoms. The van der Waals surface area contributed by atoms with Gasteiger partial charge in [0.15, 0.2) is 0 Å². The molecule has 0 saturated carbocycles. The molecule has 5 nitrogen and oxygen atoms in total. The van der Waals surface area contributed by atoms with Crippen molar-refractivity contribution in [2.24, 2.45) is 0 Å². The zero-order valence-corrected chi connectivity index (χ0v) is 12.9. The maximum absolute atomic E-state index is 12.3. The summed E-state index contributed by atoms with van der Waals surface area (Å²) in [5.74, 6) is 0.630. The lowest BCUT2D eigenvalue weighted by Crippen LogP contribution is -2.17. The van der Waals surface area contributed by atoms with Gasteiger partial charge in [-0.3, -0.25) is 4.79 Å². The summed E-state index contributed by atoms with van der Waals surface area (Å²) in [6.07, 6.45) is 1.70. The number of nitrogens with zero attached hydrogens (tertiary/aromatic N) is 2. The van der Waals surface area contributed by atoms with Crippen molar-refractivity contribution >= 4 is 24.1 Å². The minimum atomic E-state index is -0.0953. The molecule has 2 aromatic rings. The van der Waals surface area contributed by atoms with E-state index in [2.05, 4.69) is 15.7 Å². The SMILES string of the molecule is CC(C)n1nccc1NC(=O)c1ccc2c(c1)CNC2.Cl. The molecule has 112 valence electrons. The molecule has 0 fully saturated rings. The largest absolute Gasteiger partial charge is 0.309 e. The van der Waals surface area contributed by atoms with Crippen molar-refractivity contribution in [3.8, 4) is 0 Å². The summed E-state index contributed by atoms with van der Waals surface area (Å²) in [7, 11) is 0. The van der Waals surface area contributed by atoms with E-state index < -0.39 is 0 Å². The van der Waals surface area contributed by atoms with Crippen LogP contribution < -0.4 is 10.6 Å². The molecule has 0 unspecified atom stereocenters. The highest BCUT2D eigenvalue weighted by atomic mass is 35.5. The van der Waals surface area contributed by atoms with Crippen molar-refractivity contribution < 1.29 is 4.79 Å². The Kier molecular flexibility index (Phi) is 4.65. The first-order valence-corrected chi connectivity index (χ1v) is 6.82. The highest BCUT2D eigenvalue weighted by molar-refractivity contribution is 6.04. The molecule has 1 aliphatic rings. The predicted molar refractivity (Wildman–Crippen MR) is 84.8 cm³/mol. The van der Waals surface area contributed by atoms with Crippen molar-refractivity contribution in [1.82, 2.24) is 15.1 Å². The van der Waals surface area contributed by atoms with Crippen LogP contribution >= 0.6 is 12.4 Å². The fourth-order valence-corrected chi connectivity index (χ4v) is 2.45. The predicted octanol–water partition coefficient (Wildman–Crippen LogP) is 2.74. The number of anilines is 1. The maximum Gasteiger partial charge on any atom is 0.256 e. The van der Waals surface area contributed by atoms with Gasteiger partial charge in [0.05, 0.1) is 6.20 Å². The number of benzene rings is 1. The van der Waals surface area contributed by atoms with E-state index >= 15 is 0 Å². The topological polar surface area (TPSA) is 59.0 Å². The number of rotatable bonds is 3. The third-order valence-electron chi connectivity index (χ3n) is 3.50. The quantitative estimate of drug-likeness (QED) is 0.916. The van der Waals surface area contributed by atoms with Crippen LogP contribution in [0, 0.1) is 0 Å². The first-order chi connectivity index (χ1) is 9.65. The Hall–Kier alpha value is -1.85. The summed E-state index contributed by atoms with van der Waals surface area (Å²) < 4.78 is 1.80. The third-order valence-corrected chi connectivity index (χ3v) is 3.50. The Labute approximate surface area is 130 Å². The van der Waals surface area contributed by atoms with E-state index in [1.54, 1.807) is 10.9 Å². The van der Waals surface area contributed by atoms with Gasteiger partial charge in [-0.15, -0.1) is 12.4 Å². The van der Waals surface area contributed by atoms with Gasteiger partial charge >= 0.3 is 0 Å². The number of halogens is 1. The Balaban J connectivity index is 0.00000161. The number of fused-ring (bicyclic) bond motifs is 1. The number of hydrogen-bond donors (Lipinski definition) is 2. The molecule has 0 radical (unpaired) electrons. The first-order valence-electron chi connectivity index (χ1n) is 6.82. The van der Waals surface area contributed by atoms with E-state index in [-0.39, 0.29) is 24.4 Å². The average Bonchev–Trinajstić information content (AvgIpc) is 3.05. The van der Waals surface area contributed by atoms with Crippen LogP contribution in [0.25, 0.3) is 0 Å². The van der Waals surface area contributed by atoms with Crippen LogP contribution in [-0.4, -0.2) is 15.7 Å². The zero-order chi connectivity index (χ0) is 14.1. The molecule has 0 bridgehead atoms. The molecular weight excluding hydrogens is 288 g/mol. The summed E-state index contributed by atoms with van der Waals surface area (Å²) in [4.78, 5) is 12.3. The standard InChI is InChI=1S/C15H18N4O.ClH/c1-10(2)19-14(5-6-17-19)18-15(20)11-3-4-12-8-16-9-13(12)7-11;/h3-7,10,16H,8-9H2,1-2H3,(H,18,20);1H. The normalized spacial score (nSPS) is 12.9. The van der Waals surface area contributed by atoms with Gasteiger partial charge in [0.2, 0.25) is 0 Å². The summed E-state index contributed by atoms with van der Waals surface area (Å²) in [5.41, 5.74) is 3.16. The van der Waals surface area contributed by atoms with E-state index in [0.717, 1.165) is 18.9 Å². The second-order valence-corrected chi connectivity index (χ2v) is 5.30. The van der Waals surface area contributed by atoms with Crippen molar-refractivity contribution in [3.63, 3.8) is 0 Å². The molecule has 1 aromatic carbocycles. The van der Waals surface area contributed by atoms with Gasteiger partial charge in [0.25, 0.3) is 5.91 Å². The Morgan fingerprint density at radius 2 is 2.05 bits per heavy atom. The van der Waals surface area contributed by atoms with Crippen molar-refractivity contribution in [3.05, 3.63) is 47.2 Å². The van der Waals surface area contributed by atoms with Gasteiger partial charge in [0.1, 0.15) is 5.82 Å². The smallest absolute Gasteiger partial charge is 0.256 e. The van der Waals surface area contributed by atoms with Crippen LogP contribution in [0.3, 0.4) is 0 Å². The summed E-state index contributed by atoms with van der Waals surface area (Å²) in [5, 5.41) is 10.4. The number of hydrogen-bond acceptors (Lipinski definition) is 3. The second-order valence-electron chi connectivity index (χ2n) is 5.30. The van der Waals surface area contributed by atoms with Crippen LogP contribution in [0.2, 0.25) is 0 Å². The fourth-order valence-electron chi connectivity index (χ4n) is 2.45. The Bertz CT molecular complexity index is 651. The molecule has 1 aliphatic heterocycles.